The first-order valence-corrected chi connectivity index (χ1v) is 7.15. The molecule has 0 atom stereocenters. The normalized spacial score (nSPS) is 10.4. The molecule has 0 aromatic heterocycles. The van der Waals surface area contributed by atoms with Crippen LogP contribution in [0.5, 0.6) is 0 Å². The minimum Gasteiger partial charge on any atom is -0.380 e. The molecular formula is C16H15ClN2O4. The number of aryl methyl sites for hydroxylation is 1. The second kappa shape index (κ2) is 7.21. The Morgan fingerprint density at radius 2 is 2.00 bits per heavy atom. The van der Waals surface area contributed by atoms with Gasteiger partial charge in [0.1, 0.15) is 5.56 Å². The Balaban J connectivity index is 2.40. The number of methoxy groups -OCH3 is 1. The van der Waals surface area contributed by atoms with E-state index in [4.69, 9.17) is 16.3 Å². The standard InChI is InChI=1S/C16H15ClN2O4/c1-10-5-3-6-11(15(10)19(21)22)16(20)18-14-8-4-7-13(17)12(14)9-23-2/h3-8H,9H2,1-2H3,(H,18,20). The van der Waals surface area contributed by atoms with E-state index in [0.29, 0.717) is 21.8 Å². The van der Waals surface area contributed by atoms with Crippen LogP contribution >= 0.6 is 11.6 Å². The summed E-state index contributed by atoms with van der Waals surface area (Å²) in [5.74, 6) is -0.569. The van der Waals surface area contributed by atoms with Gasteiger partial charge in [0.05, 0.1) is 11.5 Å². The summed E-state index contributed by atoms with van der Waals surface area (Å²) in [5.41, 5.74) is 1.28. The largest absolute Gasteiger partial charge is 0.380 e. The van der Waals surface area contributed by atoms with Crippen LogP contribution in [0.3, 0.4) is 0 Å². The SMILES string of the molecule is COCc1c(Cl)cccc1NC(=O)c1cccc(C)c1[N+](=O)[O-]. The van der Waals surface area contributed by atoms with Gasteiger partial charge >= 0.3 is 0 Å². The molecule has 0 fully saturated rings. The number of ether oxygens (including phenoxy) is 1. The second-order valence-electron chi connectivity index (χ2n) is 4.88. The molecule has 2 rings (SSSR count). The molecule has 1 N–H and O–H groups in total. The summed E-state index contributed by atoms with van der Waals surface area (Å²) in [4.78, 5) is 23.1. The molecule has 2 aromatic carbocycles. The molecule has 0 unspecified atom stereocenters. The van der Waals surface area contributed by atoms with Gasteiger partial charge in [-0.05, 0) is 25.1 Å². The molecule has 0 saturated carbocycles. The van der Waals surface area contributed by atoms with Gasteiger partial charge in [0.15, 0.2) is 0 Å². The van der Waals surface area contributed by atoms with Gasteiger partial charge < -0.3 is 10.1 Å². The zero-order valence-corrected chi connectivity index (χ0v) is 13.4. The first kappa shape index (κ1) is 16.9. The number of halogens is 1. The third-order valence-electron chi connectivity index (χ3n) is 3.32. The van der Waals surface area contributed by atoms with Crippen LogP contribution in [0.4, 0.5) is 11.4 Å². The number of carbonyl (C=O) groups excluding carboxylic acids is 1. The fourth-order valence-electron chi connectivity index (χ4n) is 2.24. The number of para-hydroxylation sites is 1. The minimum absolute atomic E-state index is 0.00153. The van der Waals surface area contributed by atoms with E-state index in [1.54, 1.807) is 37.3 Å². The van der Waals surface area contributed by atoms with Crippen LogP contribution in [0.2, 0.25) is 5.02 Å². The maximum atomic E-state index is 12.5. The molecule has 6 nitrogen and oxygen atoms in total. The van der Waals surface area contributed by atoms with Gasteiger partial charge in [0.25, 0.3) is 11.6 Å². The maximum absolute atomic E-state index is 12.5. The molecule has 0 aliphatic heterocycles. The summed E-state index contributed by atoms with van der Waals surface area (Å²) in [6.07, 6.45) is 0. The Kier molecular flexibility index (Phi) is 5.31. The molecule has 0 aliphatic rings. The van der Waals surface area contributed by atoms with Crippen molar-refractivity contribution in [2.75, 3.05) is 12.4 Å². The number of hydrogen-bond acceptors (Lipinski definition) is 4. The number of nitro benzene ring substituents is 1. The number of nitro groups is 1. The third kappa shape index (κ3) is 3.67. The summed E-state index contributed by atoms with van der Waals surface area (Å²) in [7, 11) is 1.51. The van der Waals surface area contributed by atoms with Crippen LogP contribution < -0.4 is 5.32 Å². The van der Waals surface area contributed by atoms with Crippen molar-refractivity contribution in [1.82, 2.24) is 0 Å². The first-order chi connectivity index (χ1) is 11.0. The van der Waals surface area contributed by atoms with Gasteiger partial charge in [-0.15, -0.1) is 0 Å². The number of anilines is 1. The number of rotatable bonds is 5. The molecule has 0 saturated heterocycles. The maximum Gasteiger partial charge on any atom is 0.285 e. The van der Waals surface area contributed by atoms with Gasteiger partial charge in [-0.2, -0.15) is 0 Å². The van der Waals surface area contributed by atoms with E-state index in [-0.39, 0.29) is 17.9 Å². The number of carbonyl (C=O) groups is 1. The van der Waals surface area contributed by atoms with Crippen LogP contribution in [-0.4, -0.2) is 17.9 Å². The van der Waals surface area contributed by atoms with Crippen molar-refractivity contribution in [2.45, 2.75) is 13.5 Å². The van der Waals surface area contributed by atoms with Crippen molar-refractivity contribution in [1.29, 1.82) is 0 Å². The van der Waals surface area contributed by atoms with Crippen LogP contribution in [0.25, 0.3) is 0 Å². The molecule has 23 heavy (non-hydrogen) atoms. The van der Waals surface area contributed by atoms with E-state index in [1.165, 1.54) is 13.2 Å². The average Bonchev–Trinajstić information content (AvgIpc) is 2.50. The highest BCUT2D eigenvalue weighted by Crippen LogP contribution is 2.28. The molecule has 0 aliphatic carbocycles. The van der Waals surface area contributed by atoms with E-state index in [2.05, 4.69) is 5.32 Å². The predicted molar refractivity (Wildman–Crippen MR) is 88.0 cm³/mol. The van der Waals surface area contributed by atoms with Crippen LogP contribution in [0.1, 0.15) is 21.5 Å². The zero-order valence-electron chi connectivity index (χ0n) is 12.6. The smallest absolute Gasteiger partial charge is 0.285 e. The average molecular weight is 335 g/mol. The molecule has 1 amide bonds. The Morgan fingerprint density at radius 1 is 1.30 bits per heavy atom. The van der Waals surface area contributed by atoms with Crippen LogP contribution in [0, 0.1) is 17.0 Å². The minimum atomic E-state index is -0.569. The topological polar surface area (TPSA) is 81.5 Å². The Labute approximate surface area is 138 Å². The van der Waals surface area contributed by atoms with Gasteiger partial charge in [-0.3, -0.25) is 14.9 Å². The van der Waals surface area contributed by atoms with E-state index < -0.39 is 10.8 Å². The van der Waals surface area contributed by atoms with Gasteiger partial charge in [-0.25, -0.2) is 0 Å². The lowest BCUT2D eigenvalue weighted by molar-refractivity contribution is -0.385. The third-order valence-corrected chi connectivity index (χ3v) is 3.67. The Morgan fingerprint density at radius 3 is 2.65 bits per heavy atom. The highest BCUT2D eigenvalue weighted by molar-refractivity contribution is 6.31. The van der Waals surface area contributed by atoms with Crippen LogP contribution in [0.15, 0.2) is 36.4 Å². The summed E-state index contributed by atoms with van der Waals surface area (Å²) in [5, 5.41) is 14.3. The highest BCUT2D eigenvalue weighted by Gasteiger charge is 2.23. The van der Waals surface area contributed by atoms with Gasteiger partial charge in [0, 0.05) is 28.9 Å². The highest BCUT2D eigenvalue weighted by atomic mass is 35.5. The Bertz CT molecular complexity index is 762. The van der Waals surface area contributed by atoms with Gasteiger partial charge in [-0.1, -0.05) is 29.8 Å². The summed E-state index contributed by atoms with van der Waals surface area (Å²) >= 11 is 6.11. The predicted octanol–water partition coefficient (Wildman–Crippen LogP) is 3.96. The number of benzene rings is 2. The van der Waals surface area contributed by atoms with E-state index in [1.807, 2.05) is 0 Å². The molecule has 7 heteroatoms. The summed E-state index contributed by atoms with van der Waals surface area (Å²) in [6, 6.07) is 9.64. The lowest BCUT2D eigenvalue weighted by atomic mass is 10.1. The Hall–Kier alpha value is -2.44. The van der Waals surface area contributed by atoms with E-state index in [9.17, 15) is 14.9 Å². The van der Waals surface area contributed by atoms with Crippen molar-refractivity contribution < 1.29 is 14.5 Å². The van der Waals surface area contributed by atoms with Crippen molar-refractivity contribution in [2.24, 2.45) is 0 Å². The lowest BCUT2D eigenvalue weighted by Crippen LogP contribution is -2.16. The molecule has 0 bridgehead atoms. The second-order valence-corrected chi connectivity index (χ2v) is 5.29. The number of hydrogen-bond donors (Lipinski definition) is 1. The zero-order chi connectivity index (χ0) is 17.0. The summed E-state index contributed by atoms with van der Waals surface area (Å²) in [6.45, 7) is 1.80. The summed E-state index contributed by atoms with van der Waals surface area (Å²) < 4.78 is 5.07. The van der Waals surface area contributed by atoms with Gasteiger partial charge in [0.2, 0.25) is 0 Å². The van der Waals surface area contributed by atoms with Crippen LogP contribution in [-0.2, 0) is 11.3 Å². The fraction of sp³-hybridized carbons (Fsp3) is 0.188. The quantitative estimate of drug-likeness (QED) is 0.663. The fourth-order valence-corrected chi connectivity index (χ4v) is 2.47. The van der Waals surface area contributed by atoms with Crippen molar-refractivity contribution in [3.8, 4) is 0 Å². The van der Waals surface area contributed by atoms with E-state index in [0.717, 1.165) is 0 Å². The first-order valence-electron chi connectivity index (χ1n) is 6.77. The number of nitrogens with zero attached hydrogens (tertiary/aromatic N) is 1. The van der Waals surface area contributed by atoms with E-state index >= 15 is 0 Å². The van der Waals surface area contributed by atoms with Crippen molar-refractivity contribution >= 4 is 28.9 Å². The molecule has 0 spiro atoms. The van der Waals surface area contributed by atoms with Crippen molar-refractivity contribution in [3.05, 3.63) is 68.2 Å². The molecule has 120 valence electrons. The molecule has 2 aromatic rings. The number of amides is 1. The number of nitrogens with one attached hydrogen (secondary N) is 1. The lowest BCUT2D eigenvalue weighted by Gasteiger charge is -2.12. The van der Waals surface area contributed by atoms with Crippen molar-refractivity contribution in [3.63, 3.8) is 0 Å². The molecule has 0 heterocycles. The monoisotopic (exact) mass is 334 g/mol. The molecule has 0 radical (unpaired) electrons. The molecular weight excluding hydrogens is 320 g/mol.